The van der Waals surface area contributed by atoms with Crippen molar-refractivity contribution in [2.24, 2.45) is 0 Å². The Morgan fingerprint density at radius 3 is 1.39 bits per heavy atom. The Balaban J connectivity index is 1.70. The van der Waals surface area contributed by atoms with E-state index in [9.17, 15) is 14.4 Å². The highest BCUT2D eigenvalue weighted by Gasteiger charge is 2.28. The molecular weight excluding hydrogens is 480 g/mol. The van der Waals surface area contributed by atoms with E-state index in [0.29, 0.717) is 99.0 Å². The second kappa shape index (κ2) is 23.7. The van der Waals surface area contributed by atoms with Gasteiger partial charge in [-0.2, -0.15) is 0 Å². The molecule has 1 aliphatic heterocycles. The lowest BCUT2D eigenvalue weighted by atomic mass is 10.3. The van der Waals surface area contributed by atoms with Crippen molar-refractivity contribution in [3.63, 3.8) is 0 Å². The summed E-state index contributed by atoms with van der Waals surface area (Å²) in [5.74, 6) is -0.653. The van der Waals surface area contributed by atoms with Gasteiger partial charge in [-0.05, 0) is 0 Å². The fraction of sp³-hybridized carbons (Fsp3) is 0.870. The molecule has 0 bridgehead atoms. The molecule has 36 heavy (non-hydrogen) atoms. The van der Waals surface area contributed by atoms with Crippen molar-refractivity contribution in [2.75, 3.05) is 112 Å². The largest absolute Gasteiger partial charge is 0.394 e. The molecule has 2 N–H and O–H groups in total. The van der Waals surface area contributed by atoms with Gasteiger partial charge in [0.25, 0.3) is 0 Å². The Labute approximate surface area is 212 Å². The molecule has 13 heteroatoms. The van der Waals surface area contributed by atoms with Crippen LogP contribution in [0.3, 0.4) is 0 Å². The van der Waals surface area contributed by atoms with Crippen LogP contribution < -0.4 is 5.32 Å². The van der Waals surface area contributed by atoms with Crippen molar-refractivity contribution in [3.8, 4) is 0 Å². The van der Waals surface area contributed by atoms with Crippen molar-refractivity contribution in [1.82, 2.24) is 10.2 Å². The van der Waals surface area contributed by atoms with Crippen molar-refractivity contribution in [2.45, 2.75) is 19.3 Å². The zero-order chi connectivity index (χ0) is 26.1. The van der Waals surface area contributed by atoms with E-state index in [-0.39, 0.29) is 50.1 Å². The zero-order valence-electron chi connectivity index (χ0n) is 21.1. The van der Waals surface area contributed by atoms with E-state index in [1.807, 2.05) is 0 Å². The number of imide groups is 1. The van der Waals surface area contributed by atoms with E-state index in [4.69, 9.17) is 38.3 Å². The van der Waals surface area contributed by atoms with Gasteiger partial charge in [0.2, 0.25) is 17.7 Å². The number of amides is 3. The summed E-state index contributed by atoms with van der Waals surface area (Å²) in [5.41, 5.74) is 0. The van der Waals surface area contributed by atoms with Gasteiger partial charge in [0.1, 0.15) is 0 Å². The van der Waals surface area contributed by atoms with E-state index in [1.54, 1.807) is 0 Å². The molecule has 1 aliphatic rings. The quantitative estimate of drug-likeness (QED) is 0.104. The molecule has 210 valence electrons. The van der Waals surface area contributed by atoms with Crippen molar-refractivity contribution < 1.29 is 52.6 Å². The van der Waals surface area contributed by atoms with E-state index in [1.165, 1.54) is 0 Å². The predicted octanol–water partition coefficient (Wildman–Crippen LogP) is -1.25. The summed E-state index contributed by atoms with van der Waals surface area (Å²) in [6, 6.07) is 0. The summed E-state index contributed by atoms with van der Waals surface area (Å²) >= 11 is 0. The highest BCUT2D eigenvalue weighted by Crippen LogP contribution is 2.11. The first-order chi connectivity index (χ1) is 17.6. The van der Waals surface area contributed by atoms with E-state index < -0.39 is 0 Å². The van der Waals surface area contributed by atoms with Crippen LogP contribution in [0.1, 0.15) is 19.3 Å². The van der Waals surface area contributed by atoms with Crippen LogP contribution in [-0.4, -0.2) is 140 Å². The van der Waals surface area contributed by atoms with E-state index in [0.717, 1.165) is 4.90 Å². The third kappa shape index (κ3) is 18.5. The maximum atomic E-state index is 11.7. The molecule has 1 heterocycles. The molecule has 13 nitrogen and oxygen atoms in total. The van der Waals surface area contributed by atoms with Gasteiger partial charge in [-0.1, -0.05) is 0 Å². The number of nitrogens with one attached hydrogen (secondary N) is 1. The Bertz CT molecular complexity index is 564. The second-order valence-electron chi connectivity index (χ2n) is 7.55. The SMILES string of the molecule is O=C(CCN1C(=O)CCC1=O)NCCOCCOCCOCCOCCOCCOCCOCCO. The summed E-state index contributed by atoms with van der Waals surface area (Å²) in [4.78, 5) is 35.8. The van der Waals surface area contributed by atoms with Crippen LogP contribution >= 0.6 is 0 Å². The fourth-order valence-electron chi connectivity index (χ4n) is 2.92. The van der Waals surface area contributed by atoms with Crippen LogP contribution in [-0.2, 0) is 47.5 Å². The van der Waals surface area contributed by atoms with Gasteiger partial charge in [-0.25, -0.2) is 0 Å². The zero-order valence-corrected chi connectivity index (χ0v) is 21.1. The van der Waals surface area contributed by atoms with Crippen molar-refractivity contribution in [3.05, 3.63) is 0 Å². The highest BCUT2D eigenvalue weighted by atomic mass is 16.6. The molecule has 0 aromatic rings. The normalized spacial score (nSPS) is 13.6. The minimum atomic E-state index is -0.223. The molecule has 0 saturated carbocycles. The molecule has 0 radical (unpaired) electrons. The number of aliphatic hydroxyl groups excluding tert-OH is 1. The number of ether oxygens (including phenoxy) is 7. The number of hydrogen-bond donors (Lipinski definition) is 2. The summed E-state index contributed by atoms with van der Waals surface area (Å²) in [7, 11) is 0. The molecule has 0 aromatic heterocycles. The monoisotopic (exact) mass is 522 g/mol. The minimum Gasteiger partial charge on any atom is -0.394 e. The third-order valence-corrected chi connectivity index (χ3v) is 4.75. The smallest absolute Gasteiger partial charge is 0.229 e. The number of likely N-dealkylation sites (tertiary alicyclic amines) is 1. The second-order valence-corrected chi connectivity index (χ2v) is 7.55. The Hall–Kier alpha value is -1.71. The van der Waals surface area contributed by atoms with Gasteiger partial charge < -0.3 is 43.6 Å². The number of hydrogen-bond acceptors (Lipinski definition) is 11. The van der Waals surface area contributed by atoms with Crippen molar-refractivity contribution in [1.29, 1.82) is 0 Å². The molecular formula is C23H42N2O11. The summed E-state index contributed by atoms with van der Waals surface area (Å²) < 4.78 is 37.3. The Morgan fingerprint density at radius 2 is 1.00 bits per heavy atom. The standard InChI is InChI=1S/C23H42N2O11/c26-6-8-31-10-12-33-14-16-35-18-20-36-19-17-34-15-13-32-11-9-30-7-4-24-21(27)3-5-25-22(28)1-2-23(25)29/h26H,1-20H2,(H,24,27). The van der Waals surface area contributed by atoms with Crippen LogP contribution in [0.15, 0.2) is 0 Å². The van der Waals surface area contributed by atoms with Crippen molar-refractivity contribution >= 4 is 17.7 Å². The lowest BCUT2D eigenvalue weighted by Gasteiger charge is -2.13. The average Bonchev–Trinajstić information content (AvgIpc) is 3.20. The highest BCUT2D eigenvalue weighted by molar-refractivity contribution is 6.02. The lowest BCUT2D eigenvalue weighted by Crippen LogP contribution is -2.35. The average molecular weight is 523 g/mol. The molecule has 0 aliphatic carbocycles. The molecule has 0 spiro atoms. The summed E-state index contributed by atoms with van der Waals surface area (Å²) in [5, 5.41) is 11.2. The fourth-order valence-corrected chi connectivity index (χ4v) is 2.92. The van der Waals surface area contributed by atoms with Crippen LogP contribution in [0.4, 0.5) is 0 Å². The van der Waals surface area contributed by atoms with Gasteiger partial charge in [0, 0.05) is 32.4 Å². The molecule has 1 rings (SSSR count). The van der Waals surface area contributed by atoms with Gasteiger partial charge in [0.05, 0.1) is 99.1 Å². The summed E-state index contributed by atoms with van der Waals surface area (Å²) in [6.07, 6.45) is 0.561. The number of rotatable bonds is 26. The number of aliphatic hydroxyl groups is 1. The molecule has 1 fully saturated rings. The van der Waals surface area contributed by atoms with Gasteiger partial charge in [-0.15, -0.1) is 0 Å². The maximum Gasteiger partial charge on any atom is 0.229 e. The van der Waals surface area contributed by atoms with Gasteiger partial charge in [0.15, 0.2) is 0 Å². The van der Waals surface area contributed by atoms with Gasteiger partial charge in [-0.3, -0.25) is 19.3 Å². The first-order valence-electron chi connectivity index (χ1n) is 12.4. The molecule has 0 atom stereocenters. The van der Waals surface area contributed by atoms with Crippen LogP contribution in [0.25, 0.3) is 0 Å². The van der Waals surface area contributed by atoms with E-state index >= 15 is 0 Å². The van der Waals surface area contributed by atoms with Crippen LogP contribution in [0, 0.1) is 0 Å². The Kier molecular flexibility index (Phi) is 21.3. The predicted molar refractivity (Wildman–Crippen MR) is 126 cm³/mol. The summed E-state index contributed by atoms with van der Waals surface area (Å²) in [6.45, 7) is 6.71. The minimum absolute atomic E-state index is 0.0156. The van der Waals surface area contributed by atoms with Crippen LogP contribution in [0.5, 0.6) is 0 Å². The number of nitrogens with zero attached hydrogens (tertiary/aromatic N) is 1. The molecule has 3 amide bonds. The molecule has 0 aromatic carbocycles. The molecule has 1 saturated heterocycles. The first-order valence-corrected chi connectivity index (χ1v) is 12.4. The van der Waals surface area contributed by atoms with E-state index in [2.05, 4.69) is 5.32 Å². The van der Waals surface area contributed by atoms with Gasteiger partial charge >= 0.3 is 0 Å². The number of carbonyl (C=O) groups excluding carboxylic acids is 3. The Morgan fingerprint density at radius 1 is 0.639 bits per heavy atom. The maximum absolute atomic E-state index is 11.7. The lowest BCUT2D eigenvalue weighted by molar-refractivity contribution is -0.138. The topological polar surface area (TPSA) is 151 Å². The molecule has 0 unspecified atom stereocenters. The van der Waals surface area contributed by atoms with Crippen LogP contribution in [0.2, 0.25) is 0 Å². The number of carbonyl (C=O) groups is 3. The third-order valence-electron chi connectivity index (χ3n) is 4.75. The first kappa shape index (κ1) is 32.3.